The van der Waals surface area contributed by atoms with E-state index in [0.29, 0.717) is 16.9 Å². The van der Waals surface area contributed by atoms with E-state index in [1.165, 1.54) is 5.56 Å². The van der Waals surface area contributed by atoms with E-state index < -0.39 is 17.3 Å². The number of ether oxygens (including phenoxy) is 1. The molecule has 1 aliphatic rings. The van der Waals surface area contributed by atoms with Crippen LogP contribution in [0.3, 0.4) is 0 Å². The number of carbonyl (C=O) groups is 2. The number of benzene rings is 2. The minimum atomic E-state index is -0.510. The largest absolute Gasteiger partial charge is 0.482 e. The van der Waals surface area contributed by atoms with Crippen molar-refractivity contribution in [2.45, 2.75) is 70.3 Å². The first kappa shape index (κ1) is 31.7. The lowest BCUT2D eigenvalue weighted by Crippen LogP contribution is -2.49. The summed E-state index contributed by atoms with van der Waals surface area (Å²) in [5, 5.41) is 6.31. The van der Waals surface area contributed by atoms with Gasteiger partial charge in [-0.25, -0.2) is 8.70 Å². The summed E-state index contributed by atoms with van der Waals surface area (Å²) in [6.07, 6.45) is 2.25. The number of hydrogen-bond donors (Lipinski definition) is 4. The predicted octanol–water partition coefficient (Wildman–Crippen LogP) is 6.33. The molecule has 0 spiro atoms. The van der Waals surface area contributed by atoms with Crippen LogP contribution < -0.4 is 26.8 Å². The first-order valence-corrected chi connectivity index (χ1v) is 15.7. The van der Waals surface area contributed by atoms with E-state index >= 15 is 4.39 Å². The summed E-state index contributed by atoms with van der Waals surface area (Å²) in [5.74, 6) is 0.0706. The maximum absolute atomic E-state index is 16.0. The van der Waals surface area contributed by atoms with E-state index in [9.17, 15) is 9.59 Å². The van der Waals surface area contributed by atoms with Crippen molar-refractivity contribution in [1.29, 1.82) is 0 Å². The fraction of sp³-hybridized carbons (Fsp3) is 0.419. The zero-order valence-corrected chi connectivity index (χ0v) is 26.4. The van der Waals surface area contributed by atoms with Gasteiger partial charge in [-0.2, -0.15) is 0 Å². The topological polar surface area (TPSA) is 123 Å². The Bertz CT molecular complexity index is 1440. The molecule has 0 saturated carbocycles. The Hall–Kier alpha value is -3.28. The van der Waals surface area contributed by atoms with Gasteiger partial charge >= 0.3 is 0 Å². The van der Waals surface area contributed by atoms with Crippen LogP contribution in [0.5, 0.6) is 5.75 Å². The minimum Gasteiger partial charge on any atom is -0.482 e. The lowest BCUT2D eigenvalue weighted by atomic mass is 9.89. The number of rotatable bonds is 10. The fourth-order valence-electron chi connectivity index (χ4n) is 5.06. The Morgan fingerprint density at radius 1 is 1.24 bits per heavy atom. The molecule has 0 radical (unpaired) electrons. The molecule has 1 atom stereocenters. The Morgan fingerprint density at radius 3 is 2.64 bits per heavy atom. The van der Waals surface area contributed by atoms with Gasteiger partial charge in [-0.3, -0.25) is 9.59 Å². The van der Waals surface area contributed by atoms with Gasteiger partial charge in [0.2, 0.25) is 0 Å². The van der Waals surface area contributed by atoms with Crippen molar-refractivity contribution < 1.29 is 18.7 Å². The van der Waals surface area contributed by atoms with Gasteiger partial charge < -0.3 is 26.8 Å². The summed E-state index contributed by atoms with van der Waals surface area (Å²) in [5.41, 5.74) is 14.4. The van der Waals surface area contributed by atoms with Gasteiger partial charge in [0.1, 0.15) is 11.5 Å². The highest BCUT2D eigenvalue weighted by Gasteiger charge is 2.36. The Labute approximate surface area is 255 Å². The minimum absolute atomic E-state index is 0.0641. The lowest BCUT2D eigenvalue weighted by Gasteiger charge is -2.45. The first-order valence-electron chi connectivity index (χ1n) is 13.9. The second kappa shape index (κ2) is 12.9. The number of nitrogens with one attached hydrogen (secondary N) is 2. The van der Waals surface area contributed by atoms with E-state index in [1.807, 2.05) is 39.0 Å². The van der Waals surface area contributed by atoms with Crippen molar-refractivity contribution in [3.8, 4) is 16.2 Å². The molecule has 0 aliphatic carbocycles. The molecular formula is C31H40FN5O3S2. The fourth-order valence-corrected chi connectivity index (χ4v) is 7.28. The smallest absolute Gasteiger partial charge is 0.265 e. The Balaban J connectivity index is 1.52. The number of hydrogen-bond acceptors (Lipinski definition) is 9. The molecule has 3 aromatic rings. The monoisotopic (exact) mass is 613 g/mol. The number of nitrogen functional groups attached to an aromatic ring is 2. The van der Waals surface area contributed by atoms with Crippen LogP contribution in [0.1, 0.15) is 62.7 Å². The summed E-state index contributed by atoms with van der Waals surface area (Å²) < 4.78 is 24.0. The SMILES string of the molecule is CC(C)(C)NC(=O)c1sc(-c2cccc(NC3CCN(SCc4cccc(N)c4)C(C)(C)C3)c2F)c(N)c1OCC=O. The molecule has 1 aliphatic heterocycles. The molecule has 2 aromatic carbocycles. The number of thiophene rings is 1. The van der Waals surface area contributed by atoms with Crippen molar-refractivity contribution >= 4 is 52.5 Å². The van der Waals surface area contributed by atoms with Crippen molar-refractivity contribution in [3.63, 3.8) is 0 Å². The summed E-state index contributed by atoms with van der Waals surface area (Å²) in [7, 11) is 0. The molecule has 8 nitrogen and oxygen atoms in total. The Morgan fingerprint density at radius 2 is 1.98 bits per heavy atom. The number of nitrogens with two attached hydrogens (primary N) is 2. The molecule has 1 aromatic heterocycles. The highest BCUT2D eigenvalue weighted by Crippen LogP contribution is 2.46. The average Bonchev–Trinajstić information content (AvgIpc) is 3.22. The van der Waals surface area contributed by atoms with Gasteiger partial charge in [0, 0.05) is 40.7 Å². The molecule has 11 heteroatoms. The third kappa shape index (κ3) is 7.56. The number of carbonyl (C=O) groups excluding carboxylic acids is 2. The van der Waals surface area contributed by atoms with Crippen molar-refractivity contribution in [1.82, 2.24) is 9.62 Å². The maximum atomic E-state index is 16.0. The number of aldehydes is 1. The van der Waals surface area contributed by atoms with Crippen molar-refractivity contribution in [2.75, 3.05) is 29.9 Å². The summed E-state index contributed by atoms with van der Waals surface area (Å²) in [6.45, 7) is 10.6. The second-order valence-electron chi connectivity index (χ2n) is 12.1. The highest BCUT2D eigenvalue weighted by atomic mass is 32.2. The first-order chi connectivity index (χ1) is 19.8. The molecule has 2 heterocycles. The average molecular weight is 614 g/mol. The van der Waals surface area contributed by atoms with Gasteiger partial charge in [0.05, 0.1) is 16.3 Å². The van der Waals surface area contributed by atoms with Crippen molar-refractivity contribution in [3.05, 3.63) is 58.7 Å². The quantitative estimate of drug-likeness (QED) is 0.119. The summed E-state index contributed by atoms with van der Waals surface area (Å²) in [6, 6.07) is 13.1. The molecule has 1 saturated heterocycles. The third-order valence-corrected chi connectivity index (χ3v) is 9.60. The van der Waals surface area contributed by atoms with Crippen LogP contribution in [0, 0.1) is 5.82 Å². The zero-order chi connectivity index (χ0) is 30.7. The van der Waals surface area contributed by atoms with Crippen LogP contribution in [-0.4, -0.2) is 46.8 Å². The van der Waals surface area contributed by atoms with Crippen LogP contribution in [0.15, 0.2) is 42.5 Å². The number of amides is 1. The van der Waals surface area contributed by atoms with Crippen LogP contribution in [0.25, 0.3) is 10.4 Å². The number of piperidine rings is 1. The van der Waals surface area contributed by atoms with E-state index in [4.69, 9.17) is 16.2 Å². The highest BCUT2D eigenvalue weighted by molar-refractivity contribution is 7.96. The Kier molecular flexibility index (Phi) is 9.74. The molecule has 0 bridgehead atoms. The zero-order valence-electron chi connectivity index (χ0n) is 24.8. The molecule has 1 amide bonds. The molecule has 1 unspecified atom stereocenters. The lowest BCUT2D eigenvalue weighted by molar-refractivity contribution is -0.109. The number of anilines is 3. The molecule has 6 N–H and O–H groups in total. The molecular weight excluding hydrogens is 574 g/mol. The van der Waals surface area contributed by atoms with Gasteiger partial charge in [0.15, 0.2) is 17.9 Å². The van der Waals surface area contributed by atoms with Crippen molar-refractivity contribution in [2.24, 2.45) is 0 Å². The maximum Gasteiger partial charge on any atom is 0.265 e. The van der Waals surface area contributed by atoms with E-state index in [2.05, 4.69) is 34.9 Å². The van der Waals surface area contributed by atoms with E-state index in [-0.39, 0.29) is 40.1 Å². The van der Waals surface area contributed by atoms with Gasteiger partial charge in [-0.05, 0) is 71.2 Å². The molecule has 42 heavy (non-hydrogen) atoms. The van der Waals surface area contributed by atoms with Crippen LogP contribution in [0.4, 0.5) is 21.5 Å². The standard InChI is InChI=1S/C31H40FN5O3S2/c1-30(2,3)36-29(39)28-26(40-15-14-38)25(34)27(42-28)22-10-7-11-23(24(22)32)35-21-12-13-37(31(4,5)17-21)41-18-19-8-6-9-20(33)16-19/h6-11,14,16,21,35H,12-13,15,17-18,33-34H2,1-5H3,(H,36,39). The van der Waals surface area contributed by atoms with Gasteiger partial charge in [0.25, 0.3) is 5.91 Å². The predicted molar refractivity (Wildman–Crippen MR) is 172 cm³/mol. The second-order valence-corrected chi connectivity index (χ2v) is 14.1. The van der Waals surface area contributed by atoms with Crippen LogP contribution in [0.2, 0.25) is 0 Å². The molecule has 4 rings (SSSR count). The summed E-state index contributed by atoms with van der Waals surface area (Å²) in [4.78, 5) is 24.6. The van der Waals surface area contributed by atoms with E-state index in [0.717, 1.165) is 42.2 Å². The number of nitrogens with zero attached hydrogens (tertiary/aromatic N) is 1. The number of halogens is 1. The van der Waals surface area contributed by atoms with Gasteiger partial charge in [-0.15, -0.1) is 11.3 Å². The summed E-state index contributed by atoms with van der Waals surface area (Å²) >= 11 is 2.84. The molecule has 226 valence electrons. The molecule has 1 fully saturated rings. The van der Waals surface area contributed by atoms with Gasteiger partial charge in [-0.1, -0.05) is 36.2 Å². The third-order valence-electron chi connectivity index (χ3n) is 6.93. The van der Waals surface area contributed by atoms with Crippen LogP contribution >= 0.6 is 23.3 Å². The van der Waals surface area contributed by atoms with E-state index in [1.54, 1.807) is 30.1 Å². The van der Waals surface area contributed by atoms with Crippen LogP contribution in [-0.2, 0) is 10.5 Å². The normalized spacial score (nSPS) is 17.0.